The summed E-state index contributed by atoms with van der Waals surface area (Å²) in [6, 6.07) is 4.28. The molecular weight excluding hydrogens is 246 g/mol. The van der Waals surface area contributed by atoms with E-state index in [0.717, 1.165) is 36.7 Å². The Hall–Kier alpha value is -1.09. The van der Waals surface area contributed by atoms with Gasteiger partial charge in [0.25, 0.3) is 0 Å². The molecule has 3 nitrogen and oxygen atoms in total. The van der Waals surface area contributed by atoms with Gasteiger partial charge >= 0.3 is 0 Å². The van der Waals surface area contributed by atoms with Gasteiger partial charge in [-0.05, 0) is 62.6 Å². The molecule has 0 radical (unpaired) electrons. The van der Waals surface area contributed by atoms with Crippen LogP contribution < -0.4 is 5.32 Å². The van der Waals surface area contributed by atoms with Crippen LogP contribution in [0, 0.1) is 17.8 Å². The van der Waals surface area contributed by atoms with Crippen molar-refractivity contribution in [3.63, 3.8) is 0 Å². The number of pyridine rings is 1. The third-order valence-electron chi connectivity index (χ3n) is 5.07. The van der Waals surface area contributed by atoms with Gasteiger partial charge in [0.05, 0.1) is 0 Å². The predicted molar refractivity (Wildman–Crippen MR) is 83.7 cm³/mol. The molecule has 0 aliphatic heterocycles. The summed E-state index contributed by atoms with van der Waals surface area (Å²) in [6.45, 7) is 5.30. The molecule has 110 valence electrons. The van der Waals surface area contributed by atoms with Crippen LogP contribution in [0.4, 0.5) is 5.82 Å². The van der Waals surface area contributed by atoms with E-state index in [4.69, 9.17) is 0 Å². The van der Waals surface area contributed by atoms with Gasteiger partial charge in [-0.3, -0.25) is 0 Å². The van der Waals surface area contributed by atoms with E-state index in [9.17, 15) is 0 Å². The molecule has 2 aliphatic carbocycles. The molecule has 0 spiro atoms. The van der Waals surface area contributed by atoms with Gasteiger partial charge in [-0.2, -0.15) is 0 Å². The first-order chi connectivity index (χ1) is 9.74. The highest BCUT2D eigenvalue weighted by atomic mass is 15.1. The van der Waals surface area contributed by atoms with Crippen molar-refractivity contribution in [3.8, 4) is 0 Å². The molecule has 20 heavy (non-hydrogen) atoms. The summed E-state index contributed by atoms with van der Waals surface area (Å²) in [4.78, 5) is 6.94. The van der Waals surface area contributed by atoms with Gasteiger partial charge < -0.3 is 10.2 Å². The van der Waals surface area contributed by atoms with Crippen LogP contribution in [-0.2, 0) is 6.54 Å². The molecule has 0 amide bonds. The molecule has 3 rings (SSSR count). The van der Waals surface area contributed by atoms with Gasteiger partial charge in [-0.1, -0.05) is 12.5 Å². The number of anilines is 1. The largest absolute Gasteiger partial charge is 0.370 e. The van der Waals surface area contributed by atoms with E-state index in [0.29, 0.717) is 0 Å². The number of rotatable bonds is 6. The Morgan fingerprint density at radius 3 is 2.80 bits per heavy atom. The Morgan fingerprint density at radius 2 is 2.20 bits per heavy atom. The van der Waals surface area contributed by atoms with Crippen LogP contribution in [-0.4, -0.2) is 30.0 Å². The zero-order valence-corrected chi connectivity index (χ0v) is 12.8. The number of fused-ring (bicyclic) bond motifs is 2. The summed E-state index contributed by atoms with van der Waals surface area (Å²) in [5, 5.41) is 3.24. The molecule has 1 aromatic rings. The molecule has 3 atom stereocenters. The summed E-state index contributed by atoms with van der Waals surface area (Å²) in [6.07, 6.45) is 7.99. The Bertz CT molecular complexity index is 428. The third-order valence-corrected chi connectivity index (χ3v) is 5.07. The van der Waals surface area contributed by atoms with E-state index in [1.165, 1.54) is 37.8 Å². The summed E-state index contributed by atoms with van der Waals surface area (Å²) < 4.78 is 0. The lowest BCUT2D eigenvalue weighted by Gasteiger charge is -2.27. The van der Waals surface area contributed by atoms with Crippen molar-refractivity contribution in [2.24, 2.45) is 17.8 Å². The van der Waals surface area contributed by atoms with E-state index in [1.54, 1.807) is 0 Å². The molecule has 2 fully saturated rings. The SMILES string of the molecule is CCNc1ccc(CN(C)CC2CC3CCC2C3)cn1. The van der Waals surface area contributed by atoms with Crippen LogP contribution in [0.1, 0.15) is 38.2 Å². The highest BCUT2D eigenvalue weighted by Gasteiger charge is 2.39. The first-order valence-electron chi connectivity index (χ1n) is 8.12. The van der Waals surface area contributed by atoms with Crippen LogP contribution >= 0.6 is 0 Å². The Kier molecular flexibility index (Phi) is 4.25. The lowest BCUT2D eigenvalue weighted by molar-refractivity contribution is 0.214. The van der Waals surface area contributed by atoms with Crippen LogP contribution in [0.3, 0.4) is 0 Å². The molecular formula is C17H27N3. The fourth-order valence-electron chi connectivity index (χ4n) is 4.18. The Balaban J connectivity index is 1.49. The smallest absolute Gasteiger partial charge is 0.125 e. The van der Waals surface area contributed by atoms with Gasteiger partial charge in [-0.15, -0.1) is 0 Å². The second-order valence-corrected chi connectivity index (χ2v) is 6.71. The van der Waals surface area contributed by atoms with E-state index in [1.807, 2.05) is 6.20 Å². The molecule has 0 saturated heterocycles. The monoisotopic (exact) mass is 273 g/mol. The van der Waals surface area contributed by atoms with Crippen LogP contribution in [0.15, 0.2) is 18.3 Å². The van der Waals surface area contributed by atoms with Gasteiger partial charge in [0, 0.05) is 25.8 Å². The second kappa shape index (κ2) is 6.13. The van der Waals surface area contributed by atoms with E-state index >= 15 is 0 Å². The fourth-order valence-corrected chi connectivity index (χ4v) is 4.18. The maximum atomic E-state index is 4.45. The number of hydrogen-bond acceptors (Lipinski definition) is 3. The van der Waals surface area contributed by atoms with Gasteiger partial charge in [-0.25, -0.2) is 4.98 Å². The molecule has 3 unspecified atom stereocenters. The van der Waals surface area contributed by atoms with Crippen molar-refractivity contribution in [2.45, 2.75) is 39.2 Å². The summed E-state index contributed by atoms with van der Waals surface area (Å²) >= 11 is 0. The summed E-state index contributed by atoms with van der Waals surface area (Å²) in [5.74, 6) is 4.01. The fraction of sp³-hybridized carbons (Fsp3) is 0.706. The van der Waals surface area contributed by atoms with Crippen molar-refractivity contribution in [2.75, 3.05) is 25.5 Å². The van der Waals surface area contributed by atoms with E-state index < -0.39 is 0 Å². The highest BCUT2D eigenvalue weighted by Crippen LogP contribution is 2.48. The predicted octanol–water partition coefficient (Wildman–Crippen LogP) is 3.38. The van der Waals surface area contributed by atoms with Gasteiger partial charge in [0.1, 0.15) is 5.82 Å². The number of aromatic nitrogens is 1. The molecule has 0 aromatic carbocycles. The minimum Gasteiger partial charge on any atom is -0.370 e. The Labute approximate surface area is 122 Å². The van der Waals surface area contributed by atoms with Gasteiger partial charge in [0.15, 0.2) is 0 Å². The van der Waals surface area contributed by atoms with Crippen LogP contribution in [0.25, 0.3) is 0 Å². The first-order valence-corrected chi connectivity index (χ1v) is 8.12. The molecule has 2 saturated carbocycles. The van der Waals surface area contributed by atoms with Crippen molar-refractivity contribution in [1.29, 1.82) is 0 Å². The topological polar surface area (TPSA) is 28.2 Å². The molecule has 1 N–H and O–H groups in total. The molecule has 3 heteroatoms. The zero-order valence-electron chi connectivity index (χ0n) is 12.8. The van der Waals surface area contributed by atoms with Crippen molar-refractivity contribution < 1.29 is 0 Å². The molecule has 2 aliphatic rings. The molecule has 1 heterocycles. The maximum absolute atomic E-state index is 4.45. The average molecular weight is 273 g/mol. The van der Waals surface area contributed by atoms with E-state index in [2.05, 4.69) is 41.3 Å². The number of nitrogens with one attached hydrogen (secondary N) is 1. The van der Waals surface area contributed by atoms with Gasteiger partial charge in [0.2, 0.25) is 0 Å². The lowest BCUT2D eigenvalue weighted by Crippen LogP contribution is -2.28. The van der Waals surface area contributed by atoms with Crippen LogP contribution in [0.5, 0.6) is 0 Å². The summed E-state index contributed by atoms with van der Waals surface area (Å²) in [5.41, 5.74) is 1.32. The minimum absolute atomic E-state index is 0.927. The van der Waals surface area contributed by atoms with Crippen molar-refractivity contribution in [1.82, 2.24) is 9.88 Å². The summed E-state index contributed by atoms with van der Waals surface area (Å²) in [7, 11) is 2.25. The molecule has 2 bridgehead atoms. The normalized spacial score (nSPS) is 28.2. The minimum atomic E-state index is 0.927. The maximum Gasteiger partial charge on any atom is 0.125 e. The zero-order chi connectivity index (χ0) is 13.9. The first kappa shape index (κ1) is 13.9. The number of hydrogen-bond donors (Lipinski definition) is 1. The Morgan fingerprint density at radius 1 is 1.30 bits per heavy atom. The lowest BCUT2D eigenvalue weighted by atomic mass is 9.88. The average Bonchev–Trinajstić information content (AvgIpc) is 3.03. The van der Waals surface area contributed by atoms with Crippen LogP contribution in [0.2, 0.25) is 0 Å². The second-order valence-electron chi connectivity index (χ2n) is 6.71. The number of nitrogens with zero attached hydrogens (tertiary/aromatic N) is 2. The standard InChI is InChI=1S/C17H27N3/c1-3-18-17-7-5-14(10-19-17)11-20(2)12-16-9-13-4-6-15(16)8-13/h5,7,10,13,15-16H,3-4,6,8-9,11-12H2,1-2H3,(H,18,19). The third kappa shape index (κ3) is 3.14. The van der Waals surface area contributed by atoms with Crippen molar-refractivity contribution >= 4 is 5.82 Å². The quantitative estimate of drug-likeness (QED) is 0.861. The molecule has 1 aromatic heterocycles. The van der Waals surface area contributed by atoms with E-state index in [-0.39, 0.29) is 0 Å². The van der Waals surface area contributed by atoms with Crippen molar-refractivity contribution in [3.05, 3.63) is 23.9 Å². The highest BCUT2D eigenvalue weighted by molar-refractivity contribution is 5.35.